The lowest BCUT2D eigenvalue weighted by Crippen LogP contribution is -2.29. The highest BCUT2D eigenvalue weighted by Crippen LogP contribution is 2.41. The Bertz CT molecular complexity index is 450. The van der Waals surface area contributed by atoms with E-state index in [1.54, 1.807) is 0 Å². The Morgan fingerprint density at radius 1 is 1.39 bits per heavy atom. The van der Waals surface area contributed by atoms with Crippen LogP contribution in [0, 0.1) is 0 Å². The minimum absolute atomic E-state index is 0.0516. The lowest BCUT2D eigenvalue weighted by molar-refractivity contribution is -0.138. The van der Waals surface area contributed by atoms with Gasteiger partial charge in [0.25, 0.3) is 0 Å². The van der Waals surface area contributed by atoms with E-state index in [4.69, 9.17) is 16.3 Å². The number of benzene rings is 1. The molecule has 0 aliphatic carbocycles. The Labute approximate surface area is 115 Å². The van der Waals surface area contributed by atoms with Crippen molar-refractivity contribution in [3.8, 4) is 0 Å². The van der Waals surface area contributed by atoms with Gasteiger partial charge in [-0.15, -0.1) is 0 Å². The summed E-state index contributed by atoms with van der Waals surface area (Å²) in [5.41, 5.74) is -1.19. The number of methoxy groups -OCH3 is 1. The number of aldehydes is 1. The zero-order valence-corrected chi connectivity index (χ0v) is 11.6. The van der Waals surface area contributed by atoms with E-state index in [9.17, 15) is 18.0 Å². The van der Waals surface area contributed by atoms with Crippen LogP contribution in [-0.2, 0) is 20.0 Å². The topological polar surface area (TPSA) is 26.3 Å². The molecule has 0 radical (unpaired) electrons. The number of ether oxygens (including phenoxy) is 1. The van der Waals surface area contributed by atoms with E-state index in [1.165, 1.54) is 13.2 Å². The van der Waals surface area contributed by atoms with Gasteiger partial charge in [0.05, 0.1) is 12.2 Å². The molecule has 0 amide bonds. The summed E-state index contributed by atoms with van der Waals surface area (Å²) in [6.07, 6.45) is -4.23. The number of hydrogen-bond acceptors (Lipinski definition) is 2. The summed E-state index contributed by atoms with van der Waals surface area (Å²) in [5.74, 6) is 0. The van der Waals surface area contributed by atoms with Gasteiger partial charge in [0.1, 0.15) is 10.6 Å². The van der Waals surface area contributed by atoms with E-state index < -0.39 is 16.1 Å². The van der Waals surface area contributed by atoms with Crippen molar-refractivity contribution in [3.05, 3.63) is 34.3 Å². The van der Waals surface area contributed by atoms with Crippen LogP contribution in [0.5, 0.6) is 0 Å². The van der Waals surface area contributed by atoms with Gasteiger partial charge in [0, 0.05) is 12.1 Å². The van der Waals surface area contributed by atoms with Crippen LogP contribution in [0.4, 0.5) is 13.2 Å². The average molecular weight is 346 g/mol. The number of halogens is 5. The van der Waals surface area contributed by atoms with Gasteiger partial charge in [-0.25, -0.2) is 0 Å². The number of carbonyl (C=O) groups is 1. The van der Waals surface area contributed by atoms with Gasteiger partial charge in [-0.05, 0) is 17.7 Å². The summed E-state index contributed by atoms with van der Waals surface area (Å²) < 4.78 is 41.9. The third-order valence-electron chi connectivity index (χ3n) is 2.28. The van der Waals surface area contributed by atoms with E-state index in [0.717, 1.165) is 12.1 Å². The van der Waals surface area contributed by atoms with E-state index >= 15 is 0 Å². The molecule has 1 unspecified atom stereocenters. The molecule has 1 aromatic carbocycles. The second-order valence-corrected chi connectivity index (χ2v) is 5.45. The molecule has 2 nitrogen and oxygen atoms in total. The minimum atomic E-state index is -4.60. The second-order valence-electron chi connectivity index (χ2n) is 3.60. The third-order valence-corrected chi connectivity index (χ3v) is 3.35. The molecule has 100 valence electrons. The van der Waals surface area contributed by atoms with Gasteiger partial charge in [-0.3, -0.25) is 0 Å². The zero-order valence-electron chi connectivity index (χ0n) is 9.22. The zero-order chi connectivity index (χ0) is 14.0. The van der Waals surface area contributed by atoms with Crippen molar-refractivity contribution in [3.63, 3.8) is 0 Å². The fourth-order valence-corrected chi connectivity index (χ4v) is 2.25. The number of carbonyl (C=O) groups excluding carboxylic acids is 1. The highest BCUT2D eigenvalue weighted by atomic mass is 79.9. The molecular formula is C11H9BrClF3O2. The van der Waals surface area contributed by atoms with Crippen molar-refractivity contribution >= 4 is 33.8 Å². The van der Waals surface area contributed by atoms with E-state index in [0.29, 0.717) is 6.29 Å². The molecule has 0 N–H and O–H groups in total. The molecule has 0 aliphatic heterocycles. The first-order valence-electron chi connectivity index (χ1n) is 4.76. The van der Waals surface area contributed by atoms with Crippen LogP contribution in [-0.4, -0.2) is 20.0 Å². The molecular weight excluding hydrogens is 336 g/mol. The lowest BCUT2D eigenvalue weighted by atomic mass is 9.95. The van der Waals surface area contributed by atoms with Gasteiger partial charge in [0.15, 0.2) is 0 Å². The first-order valence-corrected chi connectivity index (χ1v) is 5.93. The van der Waals surface area contributed by atoms with Crippen LogP contribution in [0.2, 0.25) is 5.02 Å². The van der Waals surface area contributed by atoms with Crippen molar-refractivity contribution < 1.29 is 22.7 Å². The van der Waals surface area contributed by atoms with E-state index in [2.05, 4.69) is 15.9 Å². The molecule has 1 atom stereocenters. The van der Waals surface area contributed by atoms with Crippen molar-refractivity contribution in [2.24, 2.45) is 0 Å². The third kappa shape index (κ3) is 3.24. The molecule has 0 fully saturated rings. The molecule has 0 saturated carbocycles. The molecule has 1 rings (SSSR count). The molecule has 18 heavy (non-hydrogen) atoms. The van der Waals surface area contributed by atoms with Gasteiger partial charge in [-0.2, -0.15) is 13.2 Å². The fraction of sp³-hybridized carbons (Fsp3) is 0.364. The van der Waals surface area contributed by atoms with E-state index in [1.807, 2.05) is 0 Å². The van der Waals surface area contributed by atoms with Crippen LogP contribution >= 0.6 is 27.5 Å². The first-order chi connectivity index (χ1) is 8.24. The van der Waals surface area contributed by atoms with Crippen molar-refractivity contribution in [1.29, 1.82) is 0 Å². The molecule has 7 heteroatoms. The van der Waals surface area contributed by atoms with Crippen LogP contribution in [0.1, 0.15) is 11.1 Å². The molecule has 0 bridgehead atoms. The predicted molar refractivity (Wildman–Crippen MR) is 65.0 cm³/mol. The number of hydrogen-bond donors (Lipinski definition) is 0. The average Bonchev–Trinajstić information content (AvgIpc) is 2.28. The maximum Gasteiger partial charge on any atom is 0.416 e. The monoisotopic (exact) mass is 344 g/mol. The van der Waals surface area contributed by atoms with Gasteiger partial charge in [0.2, 0.25) is 0 Å². The van der Waals surface area contributed by atoms with Gasteiger partial charge < -0.3 is 9.53 Å². The Balaban J connectivity index is 3.44. The quantitative estimate of drug-likeness (QED) is 0.613. The smallest absolute Gasteiger partial charge is 0.382 e. The standard InChI is InChI=1S/C11H9BrClF3O2/c1-18-6-10(12,5-17)8-3-2-7(13)4-9(8)11(14,15)16/h2-5H,6H2,1H3. The minimum Gasteiger partial charge on any atom is -0.382 e. The van der Waals surface area contributed by atoms with Crippen LogP contribution in [0.15, 0.2) is 18.2 Å². The first kappa shape index (κ1) is 15.5. The molecule has 0 saturated heterocycles. The largest absolute Gasteiger partial charge is 0.416 e. The van der Waals surface area contributed by atoms with Crippen LogP contribution in [0.25, 0.3) is 0 Å². The van der Waals surface area contributed by atoms with E-state index in [-0.39, 0.29) is 17.2 Å². The predicted octanol–water partition coefficient (Wildman–Crippen LogP) is 3.79. The summed E-state index contributed by atoms with van der Waals surface area (Å²) in [4.78, 5) is 11.1. The molecule has 0 heterocycles. The normalized spacial score (nSPS) is 15.2. The summed E-state index contributed by atoms with van der Waals surface area (Å²) >= 11 is 8.54. The maximum atomic E-state index is 12.9. The number of alkyl halides is 4. The Morgan fingerprint density at radius 3 is 2.44 bits per heavy atom. The Kier molecular flexibility index (Phi) is 4.80. The fourth-order valence-electron chi connectivity index (χ4n) is 1.50. The van der Waals surface area contributed by atoms with Gasteiger partial charge in [-0.1, -0.05) is 33.6 Å². The SMILES string of the molecule is COCC(Br)(C=O)c1ccc(Cl)cc1C(F)(F)F. The summed E-state index contributed by atoms with van der Waals surface area (Å²) in [6.45, 7) is -0.221. The van der Waals surface area contributed by atoms with Crippen molar-refractivity contribution in [1.82, 2.24) is 0 Å². The van der Waals surface area contributed by atoms with Gasteiger partial charge >= 0.3 is 6.18 Å². The molecule has 0 aromatic heterocycles. The number of rotatable bonds is 4. The Morgan fingerprint density at radius 2 is 2.00 bits per heavy atom. The summed E-state index contributed by atoms with van der Waals surface area (Å²) in [5, 5.41) is -0.0516. The molecule has 1 aromatic rings. The highest BCUT2D eigenvalue weighted by molar-refractivity contribution is 9.10. The van der Waals surface area contributed by atoms with Crippen molar-refractivity contribution in [2.45, 2.75) is 10.5 Å². The van der Waals surface area contributed by atoms with Crippen molar-refractivity contribution in [2.75, 3.05) is 13.7 Å². The van der Waals surface area contributed by atoms with Crippen LogP contribution in [0.3, 0.4) is 0 Å². The highest BCUT2D eigenvalue weighted by Gasteiger charge is 2.40. The summed E-state index contributed by atoms with van der Waals surface area (Å²) in [6, 6.07) is 3.24. The Hall–Kier alpha value is -0.590. The molecule has 0 spiro atoms. The summed E-state index contributed by atoms with van der Waals surface area (Å²) in [7, 11) is 1.29. The maximum absolute atomic E-state index is 12.9. The van der Waals surface area contributed by atoms with Crippen LogP contribution < -0.4 is 0 Å². The lowest BCUT2D eigenvalue weighted by Gasteiger charge is -2.24. The molecule has 0 aliphatic rings. The second kappa shape index (κ2) is 5.59.